The third-order valence-electron chi connectivity index (χ3n) is 9.29. The van der Waals surface area contributed by atoms with Gasteiger partial charge in [-0.3, -0.25) is 19.3 Å². The molecule has 5 aliphatic heterocycles. The van der Waals surface area contributed by atoms with E-state index >= 15 is 0 Å². The van der Waals surface area contributed by atoms with Crippen LogP contribution in [-0.2, 0) is 35.1 Å². The molecule has 1 aromatic carbocycles. The van der Waals surface area contributed by atoms with Crippen LogP contribution < -0.4 is 5.32 Å². The molecule has 0 radical (unpaired) electrons. The third-order valence-corrected chi connectivity index (χ3v) is 9.29. The number of fused-ring (bicyclic) bond motifs is 6. The molecule has 12 heteroatoms. The molecule has 1 aromatic rings. The zero-order chi connectivity index (χ0) is 29.2. The summed E-state index contributed by atoms with van der Waals surface area (Å²) in [5.41, 5.74) is 1.08. The molecule has 0 saturated carbocycles. The van der Waals surface area contributed by atoms with E-state index in [0.717, 1.165) is 5.56 Å². The van der Waals surface area contributed by atoms with Crippen molar-refractivity contribution in [1.82, 2.24) is 20.0 Å². The average Bonchev–Trinajstić information content (AvgIpc) is 3.51. The Morgan fingerprint density at radius 1 is 0.952 bits per heavy atom. The summed E-state index contributed by atoms with van der Waals surface area (Å²) in [5, 5.41) is 24.7. The molecule has 5 aliphatic rings. The molecular weight excluding hydrogens is 544 g/mol. The number of carbonyl (C=O) groups is 3. The Kier molecular flexibility index (Phi) is 9.08. The van der Waals surface area contributed by atoms with Crippen LogP contribution in [0.3, 0.4) is 0 Å². The fourth-order valence-corrected chi connectivity index (χ4v) is 7.03. The summed E-state index contributed by atoms with van der Waals surface area (Å²) in [6, 6.07) is 9.29. The van der Waals surface area contributed by atoms with Gasteiger partial charge >= 0.3 is 0 Å². The van der Waals surface area contributed by atoms with E-state index in [0.29, 0.717) is 65.3 Å². The second-order valence-corrected chi connectivity index (χ2v) is 12.2. The number of rotatable bonds is 3. The second kappa shape index (κ2) is 12.9. The lowest BCUT2D eigenvalue weighted by Crippen LogP contribution is -2.56. The van der Waals surface area contributed by atoms with Crippen LogP contribution in [-0.4, -0.2) is 138 Å². The van der Waals surface area contributed by atoms with Crippen LogP contribution in [0.5, 0.6) is 0 Å². The molecule has 6 bridgehead atoms. The lowest BCUT2D eigenvalue weighted by Gasteiger charge is -2.39. The monoisotopic (exact) mass is 586 g/mol. The van der Waals surface area contributed by atoms with Crippen LogP contribution in [0.2, 0.25) is 0 Å². The van der Waals surface area contributed by atoms with Gasteiger partial charge in [0, 0.05) is 64.4 Å². The quantitative estimate of drug-likeness (QED) is 0.412. The van der Waals surface area contributed by atoms with Crippen molar-refractivity contribution in [1.29, 1.82) is 0 Å². The maximum absolute atomic E-state index is 14.0. The molecule has 0 aromatic heterocycles. The van der Waals surface area contributed by atoms with Gasteiger partial charge in [0.15, 0.2) is 0 Å². The molecule has 0 spiro atoms. The van der Waals surface area contributed by atoms with E-state index < -0.39 is 36.6 Å². The molecule has 3 amide bonds. The van der Waals surface area contributed by atoms with Crippen LogP contribution in [0, 0.1) is 5.92 Å². The van der Waals surface area contributed by atoms with E-state index in [1.54, 1.807) is 4.90 Å². The Morgan fingerprint density at radius 2 is 1.71 bits per heavy atom. The minimum Gasteiger partial charge on any atom is -0.388 e. The van der Waals surface area contributed by atoms with Crippen LogP contribution in [0.15, 0.2) is 30.3 Å². The summed E-state index contributed by atoms with van der Waals surface area (Å²) in [5.74, 6) is -0.610. The summed E-state index contributed by atoms with van der Waals surface area (Å²) in [6.45, 7) is 3.52. The zero-order valence-electron chi connectivity index (χ0n) is 23.9. The van der Waals surface area contributed by atoms with E-state index in [1.807, 2.05) is 35.2 Å². The van der Waals surface area contributed by atoms with E-state index in [2.05, 4.69) is 10.2 Å². The molecule has 5 fully saturated rings. The number of aliphatic hydroxyl groups is 2. The van der Waals surface area contributed by atoms with Crippen LogP contribution in [0.25, 0.3) is 0 Å². The van der Waals surface area contributed by atoms with Crippen molar-refractivity contribution in [3.8, 4) is 0 Å². The van der Waals surface area contributed by atoms with Crippen molar-refractivity contribution < 1.29 is 38.8 Å². The highest BCUT2D eigenvalue weighted by Gasteiger charge is 2.47. The Hall–Kier alpha value is -2.61. The number of aliphatic hydroxyl groups excluding tert-OH is 2. The number of nitrogens with one attached hydrogen (secondary N) is 1. The fraction of sp³-hybridized carbons (Fsp3) is 0.700. The lowest BCUT2D eigenvalue weighted by molar-refractivity contribution is -0.150. The SMILES string of the molecule is O=C1C[C@@H]2O[C@H](CN(C(=O)C3CCOCC3)C[C@@H]3CN(CCO3)C(=O)[C@@H]3C[C@@H](CN3Cc3ccccc3)N1)[C@@H](O)[C@H]2O. The van der Waals surface area contributed by atoms with Crippen molar-refractivity contribution in [3.63, 3.8) is 0 Å². The maximum Gasteiger partial charge on any atom is 0.240 e. The first-order valence-corrected chi connectivity index (χ1v) is 15.2. The van der Waals surface area contributed by atoms with Crippen molar-refractivity contribution in [2.24, 2.45) is 5.92 Å². The first-order chi connectivity index (χ1) is 20.4. The van der Waals surface area contributed by atoms with Gasteiger partial charge in [0.25, 0.3) is 0 Å². The summed E-state index contributed by atoms with van der Waals surface area (Å²) in [6.07, 6.45) is -3.13. The van der Waals surface area contributed by atoms with Crippen LogP contribution in [0.4, 0.5) is 0 Å². The normalized spacial score (nSPS) is 35.3. The van der Waals surface area contributed by atoms with E-state index in [-0.39, 0.29) is 49.2 Å². The van der Waals surface area contributed by atoms with Gasteiger partial charge in [-0.1, -0.05) is 30.3 Å². The van der Waals surface area contributed by atoms with E-state index in [4.69, 9.17) is 14.2 Å². The summed E-state index contributed by atoms with van der Waals surface area (Å²) in [4.78, 5) is 46.4. The van der Waals surface area contributed by atoms with Crippen molar-refractivity contribution in [2.75, 3.05) is 52.5 Å². The number of benzene rings is 1. The molecule has 5 heterocycles. The van der Waals surface area contributed by atoms with Gasteiger partial charge in [-0.25, -0.2) is 0 Å². The smallest absolute Gasteiger partial charge is 0.240 e. The Labute approximate surface area is 245 Å². The van der Waals surface area contributed by atoms with Gasteiger partial charge in [-0.05, 0) is 24.8 Å². The predicted octanol–water partition coefficient (Wildman–Crippen LogP) is -0.879. The van der Waals surface area contributed by atoms with E-state index in [1.165, 1.54) is 0 Å². The second-order valence-electron chi connectivity index (χ2n) is 12.2. The van der Waals surface area contributed by atoms with Gasteiger partial charge in [0.05, 0.1) is 31.3 Å². The molecule has 0 unspecified atom stereocenters. The Bertz CT molecular complexity index is 1120. The van der Waals surface area contributed by atoms with Crippen LogP contribution >= 0.6 is 0 Å². The minimum atomic E-state index is -1.26. The van der Waals surface area contributed by atoms with Gasteiger partial charge in [-0.15, -0.1) is 0 Å². The van der Waals surface area contributed by atoms with Crippen molar-refractivity contribution >= 4 is 17.7 Å². The molecular formula is C30H42N4O8. The minimum absolute atomic E-state index is 0.000345. The molecule has 12 nitrogen and oxygen atoms in total. The van der Waals surface area contributed by atoms with Crippen LogP contribution in [0.1, 0.15) is 31.2 Å². The molecule has 5 saturated heterocycles. The number of hydrogen-bond donors (Lipinski definition) is 3. The summed E-state index contributed by atoms with van der Waals surface area (Å²) < 4.78 is 17.6. The van der Waals surface area contributed by atoms with Crippen molar-refractivity contribution in [3.05, 3.63) is 35.9 Å². The highest BCUT2D eigenvalue weighted by Crippen LogP contribution is 2.28. The number of nitrogens with zero attached hydrogens (tertiary/aromatic N) is 3. The molecule has 230 valence electrons. The zero-order valence-corrected chi connectivity index (χ0v) is 23.9. The molecule has 3 N–H and O–H groups in total. The molecule has 0 aliphatic carbocycles. The molecule has 42 heavy (non-hydrogen) atoms. The summed E-state index contributed by atoms with van der Waals surface area (Å²) >= 11 is 0. The number of morpholine rings is 1. The highest BCUT2D eigenvalue weighted by molar-refractivity contribution is 5.83. The number of amides is 3. The standard InChI is InChI=1S/C30H42N4O8/c35-26-13-24-27(36)28(37)25(42-24)18-34(29(38)20-6-9-40-10-7-20)17-22-16-32(8-11-41-22)30(39)23-12-21(31-26)15-33(23)14-19-4-2-1-3-5-19/h1-5,20-25,27-28,36-37H,6-18H2,(H,31,35)/t21-,22-,23-,24-,25+,27-,28+/m0/s1. The fourth-order valence-electron chi connectivity index (χ4n) is 7.03. The number of ether oxygens (including phenoxy) is 3. The van der Waals surface area contributed by atoms with Gasteiger partial charge in [0.1, 0.15) is 18.3 Å². The Balaban J connectivity index is 1.26. The molecule has 7 atom stereocenters. The predicted molar refractivity (Wildman–Crippen MR) is 149 cm³/mol. The number of likely N-dealkylation sites (tertiary alicyclic amines) is 1. The maximum atomic E-state index is 14.0. The largest absolute Gasteiger partial charge is 0.388 e. The van der Waals surface area contributed by atoms with Gasteiger partial charge in [-0.2, -0.15) is 0 Å². The Morgan fingerprint density at radius 3 is 2.50 bits per heavy atom. The summed E-state index contributed by atoms with van der Waals surface area (Å²) in [7, 11) is 0. The highest BCUT2D eigenvalue weighted by atomic mass is 16.5. The van der Waals surface area contributed by atoms with E-state index in [9.17, 15) is 24.6 Å². The number of carbonyl (C=O) groups excluding carboxylic acids is 3. The van der Waals surface area contributed by atoms with Gasteiger partial charge < -0.3 is 39.5 Å². The third kappa shape index (κ3) is 6.48. The van der Waals surface area contributed by atoms with Crippen molar-refractivity contribution in [2.45, 2.75) is 74.8 Å². The first kappa shape index (κ1) is 29.5. The first-order valence-electron chi connectivity index (χ1n) is 15.2. The number of hydrogen-bond acceptors (Lipinski definition) is 9. The van der Waals surface area contributed by atoms with Gasteiger partial charge in [0.2, 0.25) is 17.7 Å². The topological polar surface area (TPSA) is 141 Å². The molecule has 6 rings (SSSR count). The average molecular weight is 587 g/mol. The lowest BCUT2D eigenvalue weighted by atomic mass is 9.97.